The molecule has 0 radical (unpaired) electrons. The molecule has 0 saturated carbocycles. The molecular formula is C49H56N12O7. The maximum absolute atomic E-state index is 13.6. The Kier molecular flexibility index (Phi) is 14.3. The first-order valence-corrected chi connectivity index (χ1v) is 22.0. The van der Waals surface area contributed by atoms with Crippen molar-refractivity contribution in [1.29, 1.82) is 0 Å². The summed E-state index contributed by atoms with van der Waals surface area (Å²) in [4.78, 5) is 97.0. The molecule has 0 bridgehead atoms. The van der Waals surface area contributed by atoms with Crippen LogP contribution in [-0.4, -0.2) is 124 Å². The van der Waals surface area contributed by atoms with Gasteiger partial charge in [0.1, 0.15) is 22.8 Å². The quantitative estimate of drug-likeness (QED) is 0.0661. The molecule has 4 aromatic heterocycles. The van der Waals surface area contributed by atoms with Crippen LogP contribution in [0.3, 0.4) is 0 Å². The number of nitrogens with zero attached hydrogens (tertiary/aromatic N) is 6. The van der Waals surface area contributed by atoms with Crippen LogP contribution in [0.5, 0.6) is 0 Å². The van der Waals surface area contributed by atoms with Crippen LogP contribution in [0.4, 0.5) is 22.7 Å². The van der Waals surface area contributed by atoms with Gasteiger partial charge in [-0.15, -0.1) is 0 Å². The molecule has 4 heterocycles. The fourth-order valence-corrected chi connectivity index (χ4v) is 7.96. The van der Waals surface area contributed by atoms with Crippen molar-refractivity contribution in [2.75, 3.05) is 75.6 Å². The second-order valence-corrected chi connectivity index (χ2v) is 17.4. The predicted molar refractivity (Wildman–Crippen MR) is 260 cm³/mol. The third-order valence-corrected chi connectivity index (χ3v) is 11.5. The van der Waals surface area contributed by atoms with Crippen LogP contribution < -0.4 is 31.9 Å². The van der Waals surface area contributed by atoms with E-state index in [0.717, 1.165) is 25.9 Å². The fourth-order valence-electron chi connectivity index (χ4n) is 7.96. The SMILES string of the molecule is CN(C)CCCNC(=O)c1cc(NC(=O)c2cc(NC(=O)c3ccc4c(c3)-c3cc(C(=O)Nc5cc(C(=O)Nc6cc(C(=O)NCCCN(C)C)n(C)c6)n(C)c5)ccc3C4=O)cn2C)cn1C. The van der Waals surface area contributed by atoms with Gasteiger partial charge in [-0.25, -0.2) is 0 Å². The van der Waals surface area contributed by atoms with Crippen molar-refractivity contribution >= 4 is 64.0 Å². The van der Waals surface area contributed by atoms with Crippen LogP contribution in [0.2, 0.25) is 0 Å². The highest BCUT2D eigenvalue weighted by atomic mass is 16.2. The molecule has 6 amide bonds. The summed E-state index contributed by atoms with van der Waals surface area (Å²) in [5.41, 5.74) is 5.06. The first-order valence-electron chi connectivity index (χ1n) is 22.0. The summed E-state index contributed by atoms with van der Waals surface area (Å²) < 4.78 is 6.41. The standard InChI is InChI=1S/C49H56N12O7/c1-56(2)17-9-15-50-46(65)39-21-33(27-58(39)5)54-48(67)41-23-31(25-60(41)7)52-44(63)29-11-13-35-37(19-29)38-20-30(12-14-36(38)43(35)62)45(64)53-32-24-42(61(8)26-32)49(68)55-34-22-40(59(6)28-34)47(66)51-16-10-18-57(3)4/h11-14,19-28H,9-10,15-18H2,1-8H3,(H,50,65)(H,51,66)(H,52,63)(H,53,64)(H,54,67)(H,55,68). The number of anilines is 4. The van der Waals surface area contributed by atoms with Gasteiger partial charge in [-0.05, 0) is 126 Å². The molecule has 6 aromatic rings. The highest BCUT2D eigenvalue weighted by Crippen LogP contribution is 2.38. The van der Waals surface area contributed by atoms with Gasteiger partial charge in [0.05, 0.1) is 22.7 Å². The van der Waals surface area contributed by atoms with E-state index in [9.17, 15) is 33.6 Å². The maximum Gasteiger partial charge on any atom is 0.272 e. The number of benzene rings is 2. The van der Waals surface area contributed by atoms with Crippen molar-refractivity contribution in [3.05, 3.63) is 130 Å². The Bertz CT molecular complexity index is 2770. The minimum atomic E-state index is -0.488. The van der Waals surface area contributed by atoms with Gasteiger partial charge in [0, 0.05) is 88.3 Å². The van der Waals surface area contributed by atoms with Gasteiger partial charge in [0.2, 0.25) is 0 Å². The van der Waals surface area contributed by atoms with Crippen LogP contribution >= 0.6 is 0 Å². The molecule has 0 fully saturated rings. The molecule has 19 nitrogen and oxygen atoms in total. The maximum atomic E-state index is 13.6. The van der Waals surface area contributed by atoms with E-state index in [1.807, 2.05) is 38.0 Å². The van der Waals surface area contributed by atoms with Crippen molar-refractivity contribution in [3.63, 3.8) is 0 Å². The first kappa shape index (κ1) is 47.9. The number of fused-ring (bicyclic) bond motifs is 3. The Labute approximate surface area is 393 Å². The van der Waals surface area contributed by atoms with Crippen molar-refractivity contribution in [2.45, 2.75) is 12.8 Å². The number of rotatable bonds is 18. The summed E-state index contributed by atoms with van der Waals surface area (Å²) in [7, 11) is 14.6. The summed E-state index contributed by atoms with van der Waals surface area (Å²) >= 11 is 0. The molecule has 354 valence electrons. The molecule has 68 heavy (non-hydrogen) atoms. The minimum Gasteiger partial charge on any atom is -0.351 e. The zero-order valence-corrected chi connectivity index (χ0v) is 39.4. The van der Waals surface area contributed by atoms with Gasteiger partial charge >= 0.3 is 0 Å². The van der Waals surface area contributed by atoms with Crippen LogP contribution in [0.15, 0.2) is 85.5 Å². The molecule has 19 heteroatoms. The summed E-state index contributed by atoms with van der Waals surface area (Å²) in [5.74, 6) is -2.63. The van der Waals surface area contributed by atoms with Gasteiger partial charge < -0.3 is 60.0 Å². The molecule has 7 rings (SSSR count). The summed E-state index contributed by atoms with van der Waals surface area (Å²) in [6.07, 6.45) is 8.08. The van der Waals surface area contributed by atoms with E-state index in [1.54, 1.807) is 120 Å². The number of hydrogen-bond acceptors (Lipinski definition) is 9. The van der Waals surface area contributed by atoms with E-state index in [4.69, 9.17) is 0 Å². The van der Waals surface area contributed by atoms with E-state index >= 15 is 0 Å². The Morgan fingerprint density at radius 3 is 1.06 bits per heavy atom. The highest BCUT2D eigenvalue weighted by molar-refractivity contribution is 6.23. The number of nitrogens with one attached hydrogen (secondary N) is 6. The average Bonchev–Trinajstić information content (AvgIpc) is 4.10. The Morgan fingerprint density at radius 1 is 0.426 bits per heavy atom. The lowest BCUT2D eigenvalue weighted by atomic mass is 10.0. The van der Waals surface area contributed by atoms with Crippen LogP contribution in [-0.2, 0) is 28.2 Å². The topological polar surface area (TPSA) is 218 Å². The fraction of sp³-hybridized carbons (Fsp3) is 0.286. The molecule has 0 saturated heterocycles. The van der Waals surface area contributed by atoms with Crippen LogP contribution in [0.25, 0.3) is 11.1 Å². The Balaban J connectivity index is 0.977. The van der Waals surface area contributed by atoms with E-state index in [-0.39, 0.29) is 40.1 Å². The molecule has 1 aliphatic carbocycles. The zero-order chi connectivity index (χ0) is 49.0. The molecule has 0 unspecified atom stereocenters. The lowest BCUT2D eigenvalue weighted by Gasteiger charge is -2.10. The number of hydrogen-bond donors (Lipinski definition) is 6. The van der Waals surface area contributed by atoms with Crippen molar-refractivity contribution < 1.29 is 33.6 Å². The van der Waals surface area contributed by atoms with Crippen molar-refractivity contribution in [3.8, 4) is 11.1 Å². The zero-order valence-electron chi connectivity index (χ0n) is 39.4. The number of ketones is 1. The van der Waals surface area contributed by atoms with Crippen LogP contribution in [0.1, 0.15) is 91.4 Å². The number of carbonyl (C=O) groups is 7. The smallest absolute Gasteiger partial charge is 0.272 e. The normalized spacial score (nSPS) is 11.6. The minimum absolute atomic E-state index is 0.242. The van der Waals surface area contributed by atoms with Crippen LogP contribution in [0, 0.1) is 0 Å². The van der Waals surface area contributed by atoms with E-state index in [0.29, 0.717) is 69.5 Å². The van der Waals surface area contributed by atoms with E-state index in [2.05, 4.69) is 31.9 Å². The Hall–Kier alpha value is -8.03. The first-order chi connectivity index (χ1) is 32.4. The van der Waals surface area contributed by atoms with E-state index < -0.39 is 23.6 Å². The second kappa shape index (κ2) is 20.2. The lowest BCUT2D eigenvalue weighted by Crippen LogP contribution is -2.28. The number of aromatic nitrogens is 4. The predicted octanol–water partition coefficient (Wildman–Crippen LogP) is 4.62. The lowest BCUT2D eigenvalue weighted by molar-refractivity contribution is 0.0936. The molecule has 6 N–H and O–H groups in total. The second-order valence-electron chi connectivity index (χ2n) is 17.4. The van der Waals surface area contributed by atoms with Crippen molar-refractivity contribution in [2.24, 2.45) is 28.2 Å². The van der Waals surface area contributed by atoms with Gasteiger partial charge in [-0.1, -0.05) is 0 Å². The summed E-state index contributed by atoms with van der Waals surface area (Å²) in [6, 6.07) is 15.7. The number of carbonyl (C=O) groups excluding carboxylic acids is 7. The monoisotopic (exact) mass is 924 g/mol. The van der Waals surface area contributed by atoms with Crippen molar-refractivity contribution in [1.82, 2.24) is 38.7 Å². The number of amides is 6. The molecule has 0 spiro atoms. The Morgan fingerprint density at radius 2 is 0.735 bits per heavy atom. The van der Waals surface area contributed by atoms with Gasteiger partial charge in [-0.2, -0.15) is 0 Å². The van der Waals surface area contributed by atoms with Gasteiger partial charge in [-0.3, -0.25) is 33.6 Å². The number of aryl methyl sites for hydroxylation is 4. The molecule has 0 atom stereocenters. The molecule has 1 aliphatic rings. The van der Waals surface area contributed by atoms with E-state index in [1.165, 1.54) is 12.1 Å². The summed E-state index contributed by atoms with van der Waals surface area (Å²) in [5, 5.41) is 17.1. The third kappa shape index (κ3) is 10.8. The largest absolute Gasteiger partial charge is 0.351 e. The highest BCUT2D eigenvalue weighted by Gasteiger charge is 2.29. The van der Waals surface area contributed by atoms with Gasteiger partial charge in [0.25, 0.3) is 35.4 Å². The molecule has 0 aliphatic heterocycles. The third-order valence-electron chi connectivity index (χ3n) is 11.5. The average molecular weight is 925 g/mol. The van der Waals surface area contributed by atoms with Gasteiger partial charge in [0.15, 0.2) is 5.78 Å². The summed E-state index contributed by atoms with van der Waals surface area (Å²) in [6.45, 7) is 2.71. The molecule has 2 aromatic carbocycles. The molecular weight excluding hydrogens is 869 g/mol.